The highest BCUT2D eigenvalue weighted by Crippen LogP contribution is 2.31. The van der Waals surface area contributed by atoms with Gasteiger partial charge in [0.1, 0.15) is 5.82 Å². The summed E-state index contributed by atoms with van der Waals surface area (Å²) in [4.78, 5) is 18.9. The van der Waals surface area contributed by atoms with Gasteiger partial charge < -0.3 is 5.32 Å². The number of hydrogen-bond acceptors (Lipinski definition) is 5. The fourth-order valence-electron chi connectivity index (χ4n) is 2.57. The average Bonchev–Trinajstić information content (AvgIpc) is 3.12. The van der Waals surface area contributed by atoms with Crippen molar-refractivity contribution in [3.8, 4) is 0 Å². The Labute approximate surface area is 174 Å². The first kappa shape index (κ1) is 20.5. The van der Waals surface area contributed by atoms with Crippen molar-refractivity contribution in [2.45, 2.75) is 48.6 Å². The maximum Gasteiger partial charge on any atom is 0.234 e. The highest BCUT2D eigenvalue weighted by molar-refractivity contribution is 7.99. The zero-order valence-corrected chi connectivity index (χ0v) is 17.9. The number of amides is 1. The number of thioether (sulfide) groups is 1. The molecule has 1 heterocycles. The fraction of sp³-hybridized carbons (Fsp3) is 0.286. The first-order valence-corrected chi connectivity index (χ1v) is 11.0. The van der Waals surface area contributed by atoms with Crippen LogP contribution in [0.3, 0.4) is 0 Å². The van der Waals surface area contributed by atoms with Crippen LogP contribution in [0.1, 0.15) is 30.3 Å². The highest BCUT2D eigenvalue weighted by Gasteiger charge is 2.08. The summed E-state index contributed by atoms with van der Waals surface area (Å²) in [5.74, 6) is 1.08. The Kier molecular flexibility index (Phi) is 7.17. The summed E-state index contributed by atoms with van der Waals surface area (Å²) >= 11 is 3.07. The van der Waals surface area contributed by atoms with Crippen LogP contribution in [-0.4, -0.2) is 26.8 Å². The number of benzene rings is 2. The first-order valence-electron chi connectivity index (χ1n) is 9.22. The zero-order chi connectivity index (χ0) is 19.9. The van der Waals surface area contributed by atoms with Crippen LogP contribution in [0.25, 0.3) is 0 Å². The lowest BCUT2D eigenvalue weighted by atomic mass is 10.2. The number of aromatic amines is 1. The molecule has 0 aliphatic rings. The summed E-state index contributed by atoms with van der Waals surface area (Å²) < 4.78 is 0. The molecule has 146 valence electrons. The van der Waals surface area contributed by atoms with Gasteiger partial charge in [-0.15, -0.1) is 5.10 Å². The van der Waals surface area contributed by atoms with E-state index in [2.05, 4.69) is 59.5 Å². The minimum atomic E-state index is -0.0678. The second-order valence-electron chi connectivity index (χ2n) is 6.55. The number of hydrogen-bond donors (Lipinski definition) is 2. The van der Waals surface area contributed by atoms with Gasteiger partial charge in [-0.25, -0.2) is 4.98 Å². The number of rotatable bonds is 8. The van der Waals surface area contributed by atoms with E-state index in [9.17, 15) is 4.79 Å². The molecule has 0 radical (unpaired) electrons. The molecule has 28 heavy (non-hydrogen) atoms. The molecule has 1 amide bonds. The van der Waals surface area contributed by atoms with E-state index in [1.54, 1.807) is 11.8 Å². The van der Waals surface area contributed by atoms with Crippen LogP contribution in [0, 0.1) is 13.8 Å². The molecule has 0 fully saturated rings. The van der Waals surface area contributed by atoms with E-state index in [0.717, 1.165) is 29.2 Å². The molecule has 0 saturated carbocycles. The van der Waals surface area contributed by atoms with Crippen molar-refractivity contribution in [3.05, 3.63) is 59.4 Å². The minimum Gasteiger partial charge on any atom is -0.325 e. The molecule has 5 nitrogen and oxygen atoms in total. The Bertz CT molecular complexity index is 938. The van der Waals surface area contributed by atoms with Crippen LogP contribution in [-0.2, 0) is 11.2 Å². The lowest BCUT2D eigenvalue weighted by molar-refractivity contribution is -0.113. The Morgan fingerprint density at radius 1 is 1.14 bits per heavy atom. The SMILES string of the molecule is CCCc1nc(SCC(=O)Nc2ccc(Sc3cc(C)ccc3C)cc2)n[nH]1. The number of aryl methyl sites for hydroxylation is 3. The summed E-state index contributed by atoms with van der Waals surface area (Å²) in [7, 11) is 0. The number of aromatic nitrogens is 3. The molecule has 7 heteroatoms. The third kappa shape index (κ3) is 5.87. The fourth-order valence-corrected chi connectivity index (χ4v) is 4.19. The molecule has 3 aromatic rings. The number of anilines is 1. The Balaban J connectivity index is 1.51. The lowest BCUT2D eigenvalue weighted by Gasteiger charge is -2.08. The van der Waals surface area contributed by atoms with Crippen molar-refractivity contribution in [2.24, 2.45) is 0 Å². The molecule has 3 rings (SSSR count). The van der Waals surface area contributed by atoms with Crippen LogP contribution in [0.5, 0.6) is 0 Å². The Hall–Kier alpha value is -2.25. The van der Waals surface area contributed by atoms with Gasteiger partial charge in [0.15, 0.2) is 0 Å². The van der Waals surface area contributed by atoms with E-state index in [-0.39, 0.29) is 11.7 Å². The van der Waals surface area contributed by atoms with E-state index in [0.29, 0.717) is 5.16 Å². The van der Waals surface area contributed by atoms with Crippen molar-refractivity contribution < 1.29 is 4.79 Å². The Morgan fingerprint density at radius 2 is 1.93 bits per heavy atom. The summed E-state index contributed by atoms with van der Waals surface area (Å²) in [6.07, 6.45) is 1.88. The minimum absolute atomic E-state index is 0.0678. The molecule has 0 aliphatic heterocycles. The molecule has 1 aromatic heterocycles. The van der Waals surface area contributed by atoms with Crippen LogP contribution < -0.4 is 5.32 Å². The molecule has 0 saturated heterocycles. The van der Waals surface area contributed by atoms with Gasteiger partial charge in [-0.2, -0.15) is 0 Å². The third-order valence-electron chi connectivity index (χ3n) is 4.04. The van der Waals surface area contributed by atoms with Gasteiger partial charge in [0.25, 0.3) is 0 Å². The van der Waals surface area contributed by atoms with E-state index in [1.807, 2.05) is 24.3 Å². The molecule has 0 aliphatic carbocycles. The van der Waals surface area contributed by atoms with E-state index in [1.165, 1.54) is 27.8 Å². The average molecular weight is 413 g/mol. The van der Waals surface area contributed by atoms with E-state index < -0.39 is 0 Å². The molecular formula is C21H24N4OS2. The summed E-state index contributed by atoms with van der Waals surface area (Å²) in [5.41, 5.74) is 3.30. The van der Waals surface area contributed by atoms with Crippen LogP contribution >= 0.6 is 23.5 Å². The predicted molar refractivity (Wildman–Crippen MR) is 116 cm³/mol. The zero-order valence-electron chi connectivity index (χ0n) is 16.3. The quantitative estimate of drug-likeness (QED) is 0.494. The van der Waals surface area contributed by atoms with Gasteiger partial charge in [0, 0.05) is 21.9 Å². The molecular weight excluding hydrogens is 388 g/mol. The van der Waals surface area contributed by atoms with Crippen LogP contribution in [0.15, 0.2) is 57.4 Å². The van der Waals surface area contributed by atoms with Gasteiger partial charge in [0.05, 0.1) is 5.75 Å². The number of nitrogens with one attached hydrogen (secondary N) is 2. The van der Waals surface area contributed by atoms with Crippen molar-refractivity contribution in [1.29, 1.82) is 0 Å². The normalized spacial score (nSPS) is 10.8. The monoisotopic (exact) mass is 412 g/mol. The largest absolute Gasteiger partial charge is 0.325 e. The Morgan fingerprint density at radius 3 is 2.68 bits per heavy atom. The van der Waals surface area contributed by atoms with Gasteiger partial charge in [0.2, 0.25) is 11.1 Å². The maximum absolute atomic E-state index is 12.2. The van der Waals surface area contributed by atoms with Crippen molar-refractivity contribution in [1.82, 2.24) is 15.2 Å². The van der Waals surface area contributed by atoms with Crippen LogP contribution in [0.4, 0.5) is 5.69 Å². The van der Waals surface area contributed by atoms with Crippen LogP contribution in [0.2, 0.25) is 0 Å². The maximum atomic E-state index is 12.2. The van der Waals surface area contributed by atoms with E-state index >= 15 is 0 Å². The first-order chi connectivity index (χ1) is 13.5. The molecule has 2 N–H and O–H groups in total. The molecule has 0 bridgehead atoms. The standard InChI is InChI=1S/C21H24N4OS2/c1-4-5-19-23-21(25-24-19)27-13-20(26)22-16-8-10-17(11-9-16)28-18-12-14(2)6-7-15(18)3/h6-12H,4-5,13H2,1-3H3,(H,22,26)(H,23,24,25). The molecule has 0 spiro atoms. The number of nitrogens with zero attached hydrogens (tertiary/aromatic N) is 2. The summed E-state index contributed by atoms with van der Waals surface area (Å²) in [6.45, 7) is 6.31. The van der Waals surface area contributed by atoms with Gasteiger partial charge in [-0.3, -0.25) is 9.89 Å². The second-order valence-corrected chi connectivity index (χ2v) is 8.60. The smallest absolute Gasteiger partial charge is 0.234 e. The second kappa shape index (κ2) is 9.80. The van der Waals surface area contributed by atoms with Gasteiger partial charge in [-0.1, -0.05) is 42.6 Å². The number of carbonyl (C=O) groups is 1. The van der Waals surface area contributed by atoms with Crippen molar-refractivity contribution >= 4 is 35.1 Å². The van der Waals surface area contributed by atoms with Gasteiger partial charge >= 0.3 is 0 Å². The number of H-pyrrole nitrogens is 1. The predicted octanol–water partition coefficient (Wildman–Crippen LogP) is 5.26. The van der Waals surface area contributed by atoms with Gasteiger partial charge in [-0.05, 0) is 61.7 Å². The topological polar surface area (TPSA) is 70.7 Å². The molecule has 0 unspecified atom stereocenters. The molecule has 0 atom stereocenters. The van der Waals surface area contributed by atoms with Crippen molar-refractivity contribution in [3.63, 3.8) is 0 Å². The van der Waals surface area contributed by atoms with E-state index in [4.69, 9.17) is 0 Å². The highest BCUT2D eigenvalue weighted by atomic mass is 32.2. The summed E-state index contributed by atoms with van der Waals surface area (Å²) in [6, 6.07) is 14.4. The third-order valence-corrected chi connectivity index (χ3v) is 6.05. The summed E-state index contributed by atoms with van der Waals surface area (Å²) in [5, 5.41) is 10.6. The number of carbonyl (C=O) groups excluding carboxylic acids is 1. The lowest BCUT2D eigenvalue weighted by Crippen LogP contribution is -2.14. The van der Waals surface area contributed by atoms with Crippen molar-refractivity contribution in [2.75, 3.05) is 11.1 Å². The molecule has 2 aromatic carbocycles.